The van der Waals surface area contributed by atoms with Crippen molar-refractivity contribution in [3.8, 4) is 0 Å². The Morgan fingerprint density at radius 1 is 0.840 bits per heavy atom. The predicted octanol–water partition coefficient (Wildman–Crippen LogP) is 4.87. The minimum atomic E-state index is -0.465. The molecule has 1 saturated carbocycles. The highest BCUT2D eigenvalue weighted by molar-refractivity contribution is 5.32. The van der Waals surface area contributed by atoms with E-state index in [0.29, 0.717) is 12.3 Å². The molecule has 1 aliphatic rings. The van der Waals surface area contributed by atoms with E-state index in [0.717, 1.165) is 6.42 Å². The lowest BCUT2D eigenvalue weighted by atomic mass is 9.81. The smallest absolute Gasteiger partial charge is 0.0700 e. The average molecular weight is 338 g/mol. The zero-order valence-corrected chi connectivity index (χ0v) is 15.1. The maximum atomic E-state index is 10.8. The van der Waals surface area contributed by atoms with Crippen molar-refractivity contribution in [1.29, 1.82) is 0 Å². The minimum Gasteiger partial charge on any atom is -0.391 e. The van der Waals surface area contributed by atoms with E-state index >= 15 is 0 Å². The molecule has 2 nitrogen and oxygen atoms in total. The largest absolute Gasteiger partial charge is 0.391 e. The summed E-state index contributed by atoms with van der Waals surface area (Å²) in [6.07, 6.45) is 7.74. The third kappa shape index (κ3) is 5.17. The number of hydrogen-bond donors (Lipinski definition) is 2. The Hall–Kier alpha value is -1.64. The van der Waals surface area contributed by atoms with Crippen LogP contribution in [0.2, 0.25) is 0 Å². The third-order valence-corrected chi connectivity index (χ3v) is 5.71. The molecule has 0 aliphatic heterocycles. The van der Waals surface area contributed by atoms with Crippen molar-refractivity contribution in [1.82, 2.24) is 0 Å². The van der Waals surface area contributed by atoms with Crippen LogP contribution in [-0.2, 0) is 0 Å². The van der Waals surface area contributed by atoms with Gasteiger partial charge in [-0.1, -0.05) is 92.8 Å². The molecule has 0 saturated heterocycles. The molecule has 1 fully saturated rings. The Balaban J connectivity index is 1.69. The van der Waals surface area contributed by atoms with Gasteiger partial charge >= 0.3 is 0 Å². The SMILES string of the molecule is N[C@@H](CC1CCCCC1)[C@@H](O)CC(c1ccccc1)c1ccccc1. The normalized spacial score (nSPS) is 18.2. The molecule has 0 amide bonds. The summed E-state index contributed by atoms with van der Waals surface area (Å²) in [5.74, 6) is 0.889. The van der Waals surface area contributed by atoms with Gasteiger partial charge in [0.05, 0.1) is 6.10 Å². The lowest BCUT2D eigenvalue weighted by molar-refractivity contribution is 0.114. The molecule has 2 aromatic rings. The molecule has 0 radical (unpaired) electrons. The Bertz CT molecular complexity index is 567. The van der Waals surface area contributed by atoms with E-state index in [9.17, 15) is 5.11 Å². The van der Waals surface area contributed by atoms with E-state index in [1.165, 1.54) is 43.2 Å². The molecule has 0 heterocycles. The van der Waals surface area contributed by atoms with Crippen LogP contribution in [0.3, 0.4) is 0 Å². The summed E-state index contributed by atoms with van der Waals surface area (Å²) in [7, 11) is 0. The summed E-state index contributed by atoms with van der Waals surface area (Å²) in [5.41, 5.74) is 8.90. The van der Waals surface area contributed by atoms with Gasteiger partial charge in [-0.25, -0.2) is 0 Å². The summed E-state index contributed by atoms with van der Waals surface area (Å²) in [6, 6.07) is 20.8. The monoisotopic (exact) mass is 337 g/mol. The van der Waals surface area contributed by atoms with Crippen molar-refractivity contribution in [3.05, 3.63) is 71.8 Å². The van der Waals surface area contributed by atoms with Crippen LogP contribution in [-0.4, -0.2) is 17.3 Å². The van der Waals surface area contributed by atoms with E-state index in [1.807, 2.05) is 12.1 Å². The van der Waals surface area contributed by atoms with Gasteiger partial charge in [0.1, 0.15) is 0 Å². The van der Waals surface area contributed by atoms with Crippen molar-refractivity contribution >= 4 is 0 Å². The fraction of sp³-hybridized carbons (Fsp3) is 0.478. The van der Waals surface area contributed by atoms with E-state index in [-0.39, 0.29) is 12.0 Å². The Morgan fingerprint density at radius 3 is 1.88 bits per heavy atom. The van der Waals surface area contributed by atoms with Crippen molar-refractivity contribution in [2.24, 2.45) is 11.7 Å². The maximum Gasteiger partial charge on any atom is 0.0700 e. The van der Waals surface area contributed by atoms with Crippen molar-refractivity contribution in [2.75, 3.05) is 0 Å². The molecule has 0 spiro atoms. The lowest BCUT2D eigenvalue weighted by Crippen LogP contribution is -2.38. The topological polar surface area (TPSA) is 46.2 Å². The molecule has 2 aromatic carbocycles. The van der Waals surface area contributed by atoms with Gasteiger partial charge in [0.15, 0.2) is 0 Å². The van der Waals surface area contributed by atoms with Gasteiger partial charge in [-0.2, -0.15) is 0 Å². The Kier molecular flexibility index (Phi) is 6.66. The van der Waals surface area contributed by atoms with Crippen LogP contribution in [0.15, 0.2) is 60.7 Å². The molecule has 1 aliphatic carbocycles. The standard InChI is InChI=1S/C23H31NO/c24-22(16-18-10-4-1-5-11-18)23(25)17-21(19-12-6-2-7-13-19)20-14-8-3-9-15-20/h2-3,6-9,12-15,18,21-23,25H,1,4-5,10-11,16-17,24H2/t22-,23-/m0/s1. The van der Waals surface area contributed by atoms with Gasteiger partial charge in [0.25, 0.3) is 0 Å². The second-order valence-electron chi connectivity index (χ2n) is 7.58. The predicted molar refractivity (Wildman–Crippen MR) is 105 cm³/mol. The van der Waals surface area contributed by atoms with Crippen LogP contribution < -0.4 is 5.73 Å². The molecule has 0 unspecified atom stereocenters. The van der Waals surface area contributed by atoms with E-state index in [1.54, 1.807) is 0 Å². The van der Waals surface area contributed by atoms with E-state index in [2.05, 4.69) is 48.5 Å². The summed E-state index contributed by atoms with van der Waals surface area (Å²) < 4.78 is 0. The highest BCUT2D eigenvalue weighted by Crippen LogP contribution is 2.32. The minimum absolute atomic E-state index is 0.127. The van der Waals surface area contributed by atoms with Crippen LogP contribution in [0, 0.1) is 5.92 Å². The first kappa shape index (κ1) is 18.2. The molecular formula is C23H31NO. The second kappa shape index (κ2) is 9.17. The molecule has 2 heteroatoms. The van der Waals surface area contributed by atoms with Crippen molar-refractivity contribution in [2.45, 2.75) is 63.0 Å². The Labute approximate surface area is 152 Å². The van der Waals surface area contributed by atoms with Gasteiger partial charge < -0.3 is 10.8 Å². The average Bonchev–Trinajstić information content (AvgIpc) is 2.68. The van der Waals surface area contributed by atoms with Crippen LogP contribution in [0.4, 0.5) is 0 Å². The quantitative estimate of drug-likeness (QED) is 0.757. The zero-order chi connectivity index (χ0) is 17.5. The molecule has 134 valence electrons. The fourth-order valence-corrected chi connectivity index (χ4v) is 4.22. The van der Waals surface area contributed by atoms with Crippen LogP contribution in [0.5, 0.6) is 0 Å². The molecule has 3 N–H and O–H groups in total. The third-order valence-electron chi connectivity index (χ3n) is 5.71. The second-order valence-corrected chi connectivity index (χ2v) is 7.58. The summed E-state index contributed by atoms with van der Waals surface area (Å²) in [6.45, 7) is 0. The van der Waals surface area contributed by atoms with Crippen LogP contribution in [0.1, 0.15) is 62.0 Å². The molecule has 25 heavy (non-hydrogen) atoms. The number of aliphatic hydroxyl groups is 1. The van der Waals surface area contributed by atoms with Crippen LogP contribution >= 0.6 is 0 Å². The number of aliphatic hydroxyl groups excluding tert-OH is 1. The fourth-order valence-electron chi connectivity index (χ4n) is 4.22. The maximum absolute atomic E-state index is 10.8. The first-order chi connectivity index (χ1) is 12.2. The van der Waals surface area contributed by atoms with Crippen LogP contribution in [0.25, 0.3) is 0 Å². The van der Waals surface area contributed by atoms with E-state index < -0.39 is 6.10 Å². The highest BCUT2D eigenvalue weighted by Gasteiger charge is 2.25. The molecular weight excluding hydrogens is 306 g/mol. The molecule has 2 atom stereocenters. The highest BCUT2D eigenvalue weighted by atomic mass is 16.3. The van der Waals surface area contributed by atoms with E-state index in [4.69, 9.17) is 5.73 Å². The van der Waals surface area contributed by atoms with Crippen molar-refractivity contribution < 1.29 is 5.11 Å². The zero-order valence-electron chi connectivity index (χ0n) is 15.1. The number of hydrogen-bond acceptors (Lipinski definition) is 2. The lowest BCUT2D eigenvalue weighted by Gasteiger charge is -2.29. The number of nitrogens with two attached hydrogens (primary N) is 1. The first-order valence-electron chi connectivity index (χ1n) is 9.77. The summed E-state index contributed by atoms with van der Waals surface area (Å²) in [5, 5.41) is 10.8. The molecule has 3 rings (SSSR count). The summed E-state index contributed by atoms with van der Waals surface area (Å²) in [4.78, 5) is 0. The number of benzene rings is 2. The Morgan fingerprint density at radius 2 is 1.36 bits per heavy atom. The van der Waals surface area contributed by atoms with Gasteiger partial charge in [-0.05, 0) is 29.9 Å². The van der Waals surface area contributed by atoms with Gasteiger partial charge in [0, 0.05) is 12.0 Å². The van der Waals surface area contributed by atoms with Crippen molar-refractivity contribution in [3.63, 3.8) is 0 Å². The van der Waals surface area contributed by atoms with Gasteiger partial charge in [0.2, 0.25) is 0 Å². The molecule has 0 aromatic heterocycles. The molecule has 0 bridgehead atoms. The number of rotatable bonds is 7. The van der Waals surface area contributed by atoms with Gasteiger partial charge in [-0.15, -0.1) is 0 Å². The summed E-state index contributed by atoms with van der Waals surface area (Å²) >= 11 is 0. The van der Waals surface area contributed by atoms with Gasteiger partial charge in [-0.3, -0.25) is 0 Å². The first-order valence-corrected chi connectivity index (χ1v) is 9.77.